The van der Waals surface area contributed by atoms with Crippen LogP contribution in [0.3, 0.4) is 0 Å². The molecule has 0 fully saturated rings. The topological polar surface area (TPSA) is 74.6 Å². The number of nitrogens with zero attached hydrogens (tertiary/aromatic N) is 6. The van der Waals surface area contributed by atoms with E-state index < -0.39 is 11.9 Å². The van der Waals surface area contributed by atoms with Gasteiger partial charge in [0, 0.05) is 31.9 Å². The van der Waals surface area contributed by atoms with Gasteiger partial charge in [-0.1, -0.05) is 0 Å². The third-order valence-corrected chi connectivity index (χ3v) is 3.52. The van der Waals surface area contributed by atoms with Crippen molar-refractivity contribution in [2.75, 3.05) is 0 Å². The van der Waals surface area contributed by atoms with Gasteiger partial charge in [0.1, 0.15) is 0 Å². The van der Waals surface area contributed by atoms with Gasteiger partial charge in [-0.25, -0.2) is 0 Å². The van der Waals surface area contributed by atoms with Crippen molar-refractivity contribution in [3.8, 4) is 11.5 Å². The van der Waals surface area contributed by atoms with Crippen molar-refractivity contribution in [3.05, 3.63) is 35.2 Å². The molecule has 24 heavy (non-hydrogen) atoms. The van der Waals surface area contributed by atoms with Crippen molar-refractivity contribution < 1.29 is 17.6 Å². The Morgan fingerprint density at radius 3 is 2.50 bits per heavy atom. The zero-order valence-electron chi connectivity index (χ0n) is 13.3. The van der Waals surface area contributed by atoms with Crippen LogP contribution in [0.1, 0.15) is 23.0 Å². The Balaban J connectivity index is 1.72. The molecule has 0 aliphatic heterocycles. The highest BCUT2D eigenvalue weighted by Crippen LogP contribution is 2.28. The molecule has 0 aliphatic rings. The summed E-state index contributed by atoms with van der Waals surface area (Å²) in [6, 6.07) is 1.01. The Morgan fingerprint density at radius 2 is 1.92 bits per heavy atom. The van der Waals surface area contributed by atoms with E-state index in [1.54, 1.807) is 24.9 Å². The van der Waals surface area contributed by atoms with E-state index in [9.17, 15) is 13.2 Å². The van der Waals surface area contributed by atoms with E-state index in [-0.39, 0.29) is 13.0 Å². The third kappa shape index (κ3) is 3.17. The van der Waals surface area contributed by atoms with Crippen molar-refractivity contribution in [2.45, 2.75) is 33.0 Å². The van der Waals surface area contributed by atoms with Crippen LogP contribution < -0.4 is 0 Å². The van der Waals surface area contributed by atoms with Crippen LogP contribution >= 0.6 is 0 Å². The van der Waals surface area contributed by atoms with Crippen molar-refractivity contribution in [2.24, 2.45) is 7.05 Å². The second-order valence-corrected chi connectivity index (χ2v) is 5.44. The van der Waals surface area contributed by atoms with E-state index in [1.165, 1.54) is 4.68 Å². The van der Waals surface area contributed by atoms with Crippen LogP contribution in [0.5, 0.6) is 0 Å². The van der Waals surface area contributed by atoms with Crippen LogP contribution in [0, 0.1) is 13.8 Å². The molecule has 0 amide bonds. The fraction of sp³-hybridized carbons (Fsp3) is 0.429. The highest BCUT2D eigenvalue weighted by molar-refractivity contribution is 5.54. The quantitative estimate of drug-likeness (QED) is 0.730. The summed E-state index contributed by atoms with van der Waals surface area (Å²) in [7, 11) is 1.78. The fourth-order valence-corrected chi connectivity index (χ4v) is 2.35. The average Bonchev–Trinajstić information content (AvgIpc) is 3.15. The van der Waals surface area contributed by atoms with Crippen LogP contribution in [0.2, 0.25) is 0 Å². The lowest BCUT2D eigenvalue weighted by Gasteiger charge is -2.02. The van der Waals surface area contributed by atoms with Crippen molar-refractivity contribution in [3.63, 3.8) is 0 Å². The molecule has 0 atom stereocenters. The molecule has 0 bridgehead atoms. The molecule has 0 unspecified atom stereocenters. The predicted molar refractivity (Wildman–Crippen MR) is 76.9 cm³/mol. The minimum Gasteiger partial charge on any atom is -0.421 e. The SMILES string of the molecule is Cc1nn(C)cc1-c1nnc(CCn2nc(C(F)(F)F)cc2C)o1. The molecular weight excluding hydrogens is 325 g/mol. The van der Waals surface area contributed by atoms with Crippen LogP contribution in [0.15, 0.2) is 16.7 Å². The molecule has 0 saturated carbocycles. The molecule has 3 aromatic heterocycles. The number of hydrogen-bond acceptors (Lipinski definition) is 5. The smallest absolute Gasteiger partial charge is 0.421 e. The first-order valence-electron chi connectivity index (χ1n) is 7.18. The maximum absolute atomic E-state index is 12.7. The van der Waals surface area contributed by atoms with Gasteiger partial charge in [-0.2, -0.15) is 23.4 Å². The molecular formula is C14H15F3N6O. The highest BCUT2D eigenvalue weighted by atomic mass is 19.4. The Hall–Kier alpha value is -2.65. The molecule has 0 saturated heterocycles. The number of aromatic nitrogens is 6. The number of halogens is 3. The van der Waals surface area contributed by atoms with Gasteiger partial charge >= 0.3 is 6.18 Å². The van der Waals surface area contributed by atoms with Crippen LogP contribution in [-0.4, -0.2) is 29.8 Å². The van der Waals surface area contributed by atoms with E-state index in [0.29, 0.717) is 17.5 Å². The van der Waals surface area contributed by atoms with E-state index in [4.69, 9.17) is 4.42 Å². The minimum atomic E-state index is -4.45. The lowest BCUT2D eigenvalue weighted by atomic mass is 10.3. The number of rotatable bonds is 4. The Morgan fingerprint density at radius 1 is 1.17 bits per heavy atom. The molecule has 3 rings (SSSR count). The summed E-state index contributed by atoms with van der Waals surface area (Å²) >= 11 is 0. The summed E-state index contributed by atoms with van der Waals surface area (Å²) < 4.78 is 46.4. The average molecular weight is 340 g/mol. The normalized spacial score (nSPS) is 12.1. The first kappa shape index (κ1) is 16.2. The second-order valence-electron chi connectivity index (χ2n) is 5.44. The summed E-state index contributed by atoms with van der Waals surface area (Å²) in [6.45, 7) is 3.61. The molecule has 3 heterocycles. The lowest BCUT2D eigenvalue weighted by Crippen LogP contribution is -2.09. The Labute approximate surface area is 135 Å². The first-order valence-corrected chi connectivity index (χ1v) is 7.18. The minimum absolute atomic E-state index is 0.218. The molecule has 128 valence electrons. The second kappa shape index (κ2) is 5.77. The van der Waals surface area contributed by atoms with E-state index in [0.717, 1.165) is 17.3 Å². The molecule has 0 N–H and O–H groups in total. The maximum atomic E-state index is 12.7. The van der Waals surface area contributed by atoms with Gasteiger partial charge in [-0.3, -0.25) is 9.36 Å². The van der Waals surface area contributed by atoms with Crippen molar-refractivity contribution in [1.82, 2.24) is 29.8 Å². The highest BCUT2D eigenvalue weighted by Gasteiger charge is 2.34. The molecule has 0 spiro atoms. The van der Waals surface area contributed by atoms with E-state index >= 15 is 0 Å². The number of alkyl halides is 3. The summed E-state index contributed by atoms with van der Waals surface area (Å²) in [4.78, 5) is 0. The van der Waals surface area contributed by atoms with E-state index in [1.807, 2.05) is 6.92 Å². The molecule has 10 heteroatoms. The molecule has 0 aromatic carbocycles. The van der Waals surface area contributed by atoms with Crippen LogP contribution in [0.25, 0.3) is 11.5 Å². The number of aryl methyl sites for hydroxylation is 5. The van der Waals surface area contributed by atoms with Gasteiger partial charge in [0.25, 0.3) is 5.89 Å². The zero-order valence-corrected chi connectivity index (χ0v) is 13.3. The standard InChI is InChI=1S/C14H15F3N6O/c1-8-6-11(14(15,16)17)21-23(8)5-4-12-18-19-13(24-12)10-7-22(3)20-9(10)2/h6-7H,4-5H2,1-3H3. The van der Waals surface area contributed by atoms with Gasteiger partial charge in [0.05, 0.1) is 11.3 Å². The fourth-order valence-electron chi connectivity index (χ4n) is 2.35. The molecule has 0 aliphatic carbocycles. The largest absolute Gasteiger partial charge is 0.435 e. The summed E-state index contributed by atoms with van der Waals surface area (Å²) in [5.74, 6) is 0.667. The van der Waals surface area contributed by atoms with Gasteiger partial charge in [-0.15, -0.1) is 10.2 Å². The molecule has 3 aromatic rings. The summed E-state index contributed by atoms with van der Waals surface area (Å²) in [6.07, 6.45) is -2.41. The first-order chi connectivity index (χ1) is 11.2. The predicted octanol–water partition coefficient (Wildman–Crippen LogP) is 2.54. The van der Waals surface area contributed by atoms with Gasteiger partial charge in [0.15, 0.2) is 5.69 Å². The summed E-state index contributed by atoms with van der Waals surface area (Å²) in [5.41, 5.74) is 0.999. The van der Waals surface area contributed by atoms with Crippen LogP contribution in [-0.2, 0) is 26.2 Å². The lowest BCUT2D eigenvalue weighted by molar-refractivity contribution is -0.141. The zero-order chi connectivity index (χ0) is 17.5. The monoisotopic (exact) mass is 340 g/mol. The maximum Gasteiger partial charge on any atom is 0.435 e. The number of hydrogen-bond donors (Lipinski definition) is 0. The van der Waals surface area contributed by atoms with Gasteiger partial charge < -0.3 is 4.42 Å². The van der Waals surface area contributed by atoms with Gasteiger partial charge in [-0.05, 0) is 19.9 Å². The van der Waals surface area contributed by atoms with Crippen molar-refractivity contribution >= 4 is 0 Å². The van der Waals surface area contributed by atoms with Gasteiger partial charge in [0.2, 0.25) is 5.89 Å². The third-order valence-electron chi connectivity index (χ3n) is 3.52. The molecule has 7 nitrogen and oxygen atoms in total. The van der Waals surface area contributed by atoms with Crippen molar-refractivity contribution in [1.29, 1.82) is 0 Å². The molecule has 0 radical (unpaired) electrons. The Kier molecular flexibility index (Phi) is 3.90. The Bertz CT molecular complexity index is 860. The van der Waals surface area contributed by atoms with E-state index in [2.05, 4.69) is 20.4 Å². The summed E-state index contributed by atoms with van der Waals surface area (Å²) in [5, 5.41) is 15.6. The van der Waals surface area contributed by atoms with Crippen LogP contribution in [0.4, 0.5) is 13.2 Å².